The van der Waals surface area contributed by atoms with Crippen LogP contribution in [0.3, 0.4) is 0 Å². The third-order valence-corrected chi connectivity index (χ3v) is 4.46. The lowest BCUT2D eigenvalue weighted by molar-refractivity contribution is -0.134. The monoisotopic (exact) mass is 323 g/mol. The van der Waals surface area contributed by atoms with E-state index in [1.165, 1.54) is 0 Å². The summed E-state index contributed by atoms with van der Waals surface area (Å²) in [6, 6.07) is 9.58. The van der Waals surface area contributed by atoms with Crippen LogP contribution in [0.4, 0.5) is 5.69 Å². The highest BCUT2D eigenvalue weighted by Crippen LogP contribution is 2.47. The Morgan fingerprint density at radius 3 is 2.46 bits per heavy atom. The molecule has 3 rings (SSSR count). The molecule has 5 nitrogen and oxygen atoms in total. The van der Waals surface area contributed by atoms with Crippen molar-refractivity contribution in [1.82, 2.24) is 10.3 Å². The quantitative estimate of drug-likeness (QED) is 0.831. The van der Waals surface area contributed by atoms with E-state index in [2.05, 4.69) is 15.6 Å². The van der Waals surface area contributed by atoms with Gasteiger partial charge in [0.25, 0.3) is 0 Å². The molecule has 2 aromatic rings. The van der Waals surface area contributed by atoms with E-state index in [0.29, 0.717) is 19.4 Å². The van der Waals surface area contributed by atoms with Crippen molar-refractivity contribution >= 4 is 17.5 Å². The summed E-state index contributed by atoms with van der Waals surface area (Å²) in [5, 5.41) is 5.79. The van der Waals surface area contributed by atoms with Crippen LogP contribution in [0.1, 0.15) is 29.5 Å². The van der Waals surface area contributed by atoms with Gasteiger partial charge in [0.2, 0.25) is 11.8 Å². The lowest BCUT2D eigenvalue weighted by Gasteiger charge is -2.17. The smallest absolute Gasteiger partial charge is 0.240 e. The van der Waals surface area contributed by atoms with Crippen LogP contribution in [-0.4, -0.2) is 16.8 Å². The normalized spacial score (nSPS) is 14.8. The summed E-state index contributed by atoms with van der Waals surface area (Å²) in [5.74, 6) is -0.425. The molecule has 0 saturated heterocycles. The first-order valence-corrected chi connectivity index (χ1v) is 8.07. The van der Waals surface area contributed by atoms with E-state index in [9.17, 15) is 9.59 Å². The zero-order valence-electron chi connectivity index (χ0n) is 13.9. The van der Waals surface area contributed by atoms with Gasteiger partial charge in [0.05, 0.1) is 0 Å². The fourth-order valence-corrected chi connectivity index (χ4v) is 2.65. The van der Waals surface area contributed by atoms with Gasteiger partial charge in [0.15, 0.2) is 0 Å². The van der Waals surface area contributed by atoms with E-state index in [1.54, 1.807) is 12.4 Å². The van der Waals surface area contributed by atoms with Crippen molar-refractivity contribution in [2.24, 2.45) is 5.41 Å². The Bertz CT molecular complexity index is 767. The van der Waals surface area contributed by atoms with Crippen LogP contribution in [0.2, 0.25) is 0 Å². The summed E-state index contributed by atoms with van der Waals surface area (Å²) in [6.45, 7) is 4.32. The highest BCUT2D eigenvalue weighted by Gasteiger charge is 2.56. The molecule has 0 aliphatic heterocycles. The fourth-order valence-electron chi connectivity index (χ4n) is 2.65. The molecule has 1 heterocycles. The number of rotatable bonds is 5. The molecule has 5 heteroatoms. The van der Waals surface area contributed by atoms with Crippen LogP contribution in [0.5, 0.6) is 0 Å². The molecule has 1 aliphatic rings. The molecule has 1 fully saturated rings. The Kier molecular flexibility index (Phi) is 4.34. The van der Waals surface area contributed by atoms with Crippen molar-refractivity contribution in [2.75, 3.05) is 5.32 Å². The number of nitrogens with zero attached hydrogens (tertiary/aromatic N) is 1. The molecule has 2 amide bonds. The second-order valence-corrected chi connectivity index (χ2v) is 6.39. The summed E-state index contributed by atoms with van der Waals surface area (Å²) in [6.07, 6.45) is 4.54. The van der Waals surface area contributed by atoms with Gasteiger partial charge in [-0.05, 0) is 61.6 Å². The van der Waals surface area contributed by atoms with Crippen molar-refractivity contribution in [3.8, 4) is 0 Å². The highest BCUT2D eigenvalue weighted by molar-refractivity contribution is 6.13. The number of amides is 2. The Balaban J connectivity index is 1.65. The number of aryl methyl sites for hydroxylation is 2. The number of carbonyl (C=O) groups excluding carboxylic acids is 2. The lowest BCUT2D eigenvalue weighted by atomic mass is 10.0. The van der Waals surface area contributed by atoms with Gasteiger partial charge in [-0.25, -0.2) is 0 Å². The van der Waals surface area contributed by atoms with Gasteiger partial charge in [-0.15, -0.1) is 0 Å². The predicted octanol–water partition coefficient (Wildman–Crippen LogP) is 2.73. The number of anilines is 1. The Morgan fingerprint density at radius 2 is 1.79 bits per heavy atom. The number of hydrogen-bond donors (Lipinski definition) is 2. The Labute approximate surface area is 141 Å². The van der Waals surface area contributed by atoms with Crippen LogP contribution < -0.4 is 10.6 Å². The third-order valence-electron chi connectivity index (χ3n) is 4.46. The minimum absolute atomic E-state index is 0.206. The number of benzene rings is 1. The number of hydrogen-bond acceptors (Lipinski definition) is 3. The molecular weight excluding hydrogens is 302 g/mol. The van der Waals surface area contributed by atoms with Gasteiger partial charge in [-0.1, -0.05) is 12.1 Å². The molecule has 24 heavy (non-hydrogen) atoms. The standard InChI is InChI=1S/C19H21N3O2/c1-13-3-4-14(2)16(11-13)22-18(24)19(7-8-19)17(23)21-12-15-5-9-20-10-6-15/h3-6,9-11H,7-8,12H2,1-2H3,(H,21,23)(H,22,24). The molecule has 0 unspecified atom stereocenters. The van der Waals surface area contributed by atoms with Gasteiger partial charge < -0.3 is 10.6 Å². The molecule has 1 aliphatic carbocycles. The van der Waals surface area contributed by atoms with Crippen LogP contribution >= 0.6 is 0 Å². The molecule has 1 aromatic carbocycles. The molecule has 1 aromatic heterocycles. The molecule has 2 N–H and O–H groups in total. The number of carbonyl (C=O) groups is 2. The first kappa shape index (κ1) is 16.2. The average Bonchev–Trinajstić information content (AvgIpc) is 3.39. The van der Waals surface area contributed by atoms with Gasteiger partial charge in [-0.2, -0.15) is 0 Å². The van der Waals surface area contributed by atoms with Crippen molar-refractivity contribution in [1.29, 1.82) is 0 Å². The Hall–Kier alpha value is -2.69. The van der Waals surface area contributed by atoms with E-state index >= 15 is 0 Å². The van der Waals surface area contributed by atoms with Crippen LogP contribution in [0.25, 0.3) is 0 Å². The minimum atomic E-state index is -0.927. The van der Waals surface area contributed by atoms with Crippen molar-refractivity contribution in [2.45, 2.75) is 33.2 Å². The van der Waals surface area contributed by atoms with Crippen molar-refractivity contribution in [3.63, 3.8) is 0 Å². The second kappa shape index (κ2) is 6.43. The number of pyridine rings is 1. The summed E-state index contributed by atoms with van der Waals surface area (Å²) >= 11 is 0. The largest absolute Gasteiger partial charge is 0.351 e. The SMILES string of the molecule is Cc1ccc(C)c(NC(=O)C2(C(=O)NCc3ccncc3)CC2)c1. The highest BCUT2D eigenvalue weighted by atomic mass is 16.2. The molecule has 0 radical (unpaired) electrons. The molecule has 0 bridgehead atoms. The molecule has 1 saturated carbocycles. The van der Waals surface area contributed by atoms with E-state index in [1.807, 2.05) is 44.2 Å². The maximum Gasteiger partial charge on any atom is 0.240 e. The first-order chi connectivity index (χ1) is 11.5. The molecule has 0 atom stereocenters. The van der Waals surface area contributed by atoms with Crippen molar-refractivity contribution < 1.29 is 9.59 Å². The topological polar surface area (TPSA) is 71.1 Å². The molecule has 124 valence electrons. The van der Waals surface area contributed by atoms with Gasteiger partial charge >= 0.3 is 0 Å². The minimum Gasteiger partial charge on any atom is -0.351 e. The van der Waals surface area contributed by atoms with E-state index < -0.39 is 5.41 Å². The molecular formula is C19H21N3O2. The summed E-state index contributed by atoms with van der Waals surface area (Å²) in [7, 11) is 0. The third kappa shape index (κ3) is 3.30. The fraction of sp³-hybridized carbons (Fsp3) is 0.316. The van der Waals surface area contributed by atoms with Gasteiger partial charge in [-0.3, -0.25) is 14.6 Å². The number of nitrogens with one attached hydrogen (secondary N) is 2. The lowest BCUT2D eigenvalue weighted by Crippen LogP contribution is -2.39. The van der Waals surface area contributed by atoms with Crippen molar-refractivity contribution in [3.05, 3.63) is 59.4 Å². The summed E-state index contributed by atoms with van der Waals surface area (Å²) in [5.41, 5.74) is 2.87. The number of aromatic nitrogens is 1. The van der Waals surface area contributed by atoms with E-state index in [-0.39, 0.29) is 11.8 Å². The first-order valence-electron chi connectivity index (χ1n) is 8.07. The van der Waals surface area contributed by atoms with Crippen LogP contribution in [0, 0.1) is 19.3 Å². The van der Waals surface area contributed by atoms with E-state index in [0.717, 1.165) is 22.4 Å². The van der Waals surface area contributed by atoms with Crippen LogP contribution in [-0.2, 0) is 16.1 Å². The zero-order chi connectivity index (χ0) is 17.2. The maximum atomic E-state index is 12.6. The molecule has 0 spiro atoms. The van der Waals surface area contributed by atoms with Crippen LogP contribution in [0.15, 0.2) is 42.7 Å². The maximum absolute atomic E-state index is 12.6. The zero-order valence-corrected chi connectivity index (χ0v) is 13.9. The second-order valence-electron chi connectivity index (χ2n) is 6.39. The Morgan fingerprint density at radius 1 is 1.08 bits per heavy atom. The predicted molar refractivity (Wildman–Crippen MR) is 92.3 cm³/mol. The average molecular weight is 323 g/mol. The van der Waals surface area contributed by atoms with E-state index in [4.69, 9.17) is 0 Å². The summed E-state index contributed by atoms with van der Waals surface area (Å²) < 4.78 is 0. The van der Waals surface area contributed by atoms with Gasteiger partial charge in [0, 0.05) is 24.6 Å². The van der Waals surface area contributed by atoms with Gasteiger partial charge in [0.1, 0.15) is 5.41 Å². The summed E-state index contributed by atoms with van der Waals surface area (Å²) in [4.78, 5) is 29.1.